The van der Waals surface area contributed by atoms with Crippen LogP contribution in [0, 0.1) is 5.92 Å². The lowest BCUT2D eigenvalue weighted by Gasteiger charge is -2.21. The van der Waals surface area contributed by atoms with Gasteiger partial charge in [0.25, 0.3) is 0 Å². The Balaban J connectivity index is 4.46. The van der Waals surface area contributed by atoms with E-state index in [9.17, 15) is 13.2 Å². The van der Waals surface area contributed by atoms with Crippen LogP contribution in [-0.4, -0.2) is 53.2 Å². The molecule has 0 aromatic carbocycles. The Labute approximate surface area is 89.5 Å². The molecule has 0 amide bonds. The van der Waals surface area contributed by atoms with Crippen molar-refractivity contribution >= 4 is 5.84 Å². The summed E-state index contributed by atoms with van der Waals surface area (Å²) in [6, 6.07) is -0.878. The summed E-state index contributed by atoms with van der Waals surface area (Å²) in [5, 5.41) is 30.0. The highest BCUT2D eigenvalue weighted by Crippen LogP contribution is 2.25. The molecular weight excluding hydrogens is 231 g/mol. The molecule has 6 N–H and O–H groups in total. The van der Waals surface area contributed by atoms with E-state index in [4.69, 9.17) is 21.2 Å². The van der Waals surface area contributed by atoms with Gasteiger partial charge in [0.2, 0.25) is 0 Å². The van der Waals surface area contributed by atoms with Crippen LogP contribution in [0.25, 0.3) is 0 Å². The standard InChI is InChI=1S/C7H14F3N3O3/c8-7(9,10)5(6(11)13-16)1-12-4(2-14)3-15/h4-5,12,14-16H,1-3H2,(H2,11,13). The molecule has 1 atom stereocenters. The lowest BCUT2D eigenvalue weighted by molar-refractivity contribution is -0.155. The highest BCUT2D eigenvalue weighted by Gasteiger charge is 2.42. The summed E-state index contributed by atoms with van der Waals surface area (Å²) in [4.78, 5) is 0. The Bertz CT molecular complexity index is 231. The number of amidine groups is 1. The highest BCUT2D eigenvalue weighted by atomic mass is 19.4. The van der Waals surface area contributed by atoms with Crippen LogP contribution in [0.1, 0.15) is 0 Å². The second-order valence-corrected chi connectivity index (χ2v) is 3.09. The smallest absolute Gasteiger partial charge is 0.400 e. The summed E-state index contributed by atoms with van der Waals surface area (Å²) in [7, 11) is 0. The van der Waals surface area contributed by atoms with Crippen LogP contribution < -0.4 is 11.1 Å². The van der Waals surface area contributed by atoms with E-state index in [-0.39, 0.29) is 0 Å². The molecule has 1 unspecified atom stereocenters. The molecular formula is C7H14F3N3O3. The zero-order chi connectivity index (χ0) is 12.8. The van der Waals surface area contributed by atoms with Crippen LogP contribution >= 0.6 is 0 Å². The van der Waals surface area contributed by atoms with E-state index in [2.05, 4.69) is 10.5 Å². The third-order valence-corrected chi connectivity index (χ3v) is 1.92. The van der Waals surface area contributed by atoms with E-state index in [1.807, 2.05) is 0 Å². The van der Waals surface area contributed by atoms with Crippen molar-refractivity contribution in [3.63, 3.8) is 0 Å². The molecule has 0 aliphatic carbocycles. The number of aliphatic hydroxyl groups is 2. The Hall–Kier alpha value is -1.06. The van der Waals surface area contributed by atoms with E-state index >= 15 is 0 Å². The van der Waals surface area contributed by atoms with E-state index in [1.165, 1.54) is 0 Å². The van der Waals surface area contributed by atoms with Crippen molar-refractivity contribution in [3.8, 4) is 0 Å². The molecule has 0 saturated carbocycles. The van der Waals surface area contributed by atoms with Gasteiger partial charge in [-0.2, -0.15) is 13.2 Å². The summed E-state index contributed by atoms with van der Waals surface area (Å²) in [6.45, 7) is -1.72. The summed E-state index contributed by atoms with van der Waals surface area (Å²) in [5.41, 5.74) is 4.89. The topological polar surface area (TPSA) is 111 Å². The maximum absolute atomic E-state index is 12.4. The molecule has 96 valence electrons. The number of rotatable bonds is 6. The van der Waals surface area contributed by atoms with Gasteiger partial charge in [-0.1, -0.05) is 5.16 Å². The number of nitrogens with zero attached hydrogens (tertiary/aromatic N) is 1. The summed E-state index contributed by atoms with van der Waals surface area (Å²) in [5.74, 6) is -3.15. The van der Waals surface area contributed by atoms with Crippen LogP contribution in [0.15, 0.2) is 5.16 Å². The van der Waals surface area contributed by atoms with Crippen molar-refractivity contribution in [1.82, 2.24) is 5.32 Å². The van der Waals surface area contributed by atoms with Crippen LogP contribution in [-0.2, 0) is 0 Å². The first-order chi connectivity index (χ1) is 7.36. The van der Waals surface area contributed by atoms with Crippen molar-refractivity contribution in [2.75, 3.05) is 19.8 Å². The van der Waals surface area contributed by atoms with E-state index in [0.29, 0.717) is 0 Å². The number of halogens is 3. The Kier molecular flexibility index (Phi) is 6.08. The summed E-state index contributed by atoms with van der Waals surface area (Å²) < 4.78 is 37.1. The Morgan fingerprint density at radius 3 is 2.12 bits per heavy atom. The fourth-order valence-electron chi connectivity index (χ4n) is 0.929. The number of alkyl halides is 3. The molecule has 0 bridgehead atoms. The van der Waals surface area contributed by atoms with Gasteiger partial charge in [0.1, 0.15) is 5.92 Å². The first-order valence-electron chi connectivity index (χ1n) is 4.36. The normalized spacial score (nSPS) is 15.5. The van der Waals surface area contributed by atoms with Crippen molar-refractivity contribution in [3.05, 3.63) is 0 Å². The second kappa shape index (κ2) is 6.51. The van der Waals surface area contributed by atoms with Gasteiger partial charge in [-0.05, 0) is 0 Å². The molecule has 0 aromatic heterocycles. The lowest BCUT2D eigenvalue weighted by Crippen LogP contribution is -2.47. The van der Waals surface area contributed by atoms with Gasteiger partial charge in [-0.15, -0.1) is 0 Å². The fraction of sp³-hybridized carbons (Fsp3) is 0.857. The minimum absolute atomic E-state index is 0.517. The quantitative estimate of drug-likeness (QED) is 0.176. The van der Waals surface area contributed by atoms with Crippen molar-refractivity contribution < 1.29 is 28.6 Å². The SMILES string of the molecule is NC(=NO)C(CNC(CO)CO)C(F)(F)F. The van der Waals surface area contributed by atoms with Crippen molar-refractivity contribution in [2.24, 2.45) is 16.8 Å². The largest absolute Gasteiger partial charge is 0.409 e. The predicted octanol–water partition coefficient (Wildman–Crippen LogP) is -1.15. The van der Waals surface area contributed by atoms with Crippen LogP contribution in [0.5, 0.6) is 0 Å². The van der Waals surface area contributed by atoms with E-state index < -0.39 is 43.7 Å². The monoisotopic (exact) mass is 245 g/mol. The summed E-state index contributed by atoms with van der Waals surface area (Å²) in [6.07, 6.45) is -4.67. The number of nitrogens with two attached hydrogens (primary N) is 1. The van der Waals surface area contributed by atoms with Gasteiger partial charge in [-0.3, -0.25) is 0 Å². The first-order valence-corrected chi connectivity index (χ1v) is 4.36. The molecule has 0 aliphatic heterocycles. The molecule has 0 fully saturated rings. The Morgan fingerprint density at radius 1 is 1.31 bits per heavy atom. The molecule has 0 aliphatic rings. The molecule has 16 heavy (non-hydrogen) atoms. The minimum atomic E-state index is -4.67. The number of hydrogen-bond donors (Lipinski definition) is 5. The third-order valence-electron chi connectivity index (χ3n) is 1.92. The molecule has 0 heterocycles. The average Bonchev–Trinajstić information content (AvgIpc) is 2.22. The zero-order valence-electron chi connectivity index (χ0n) is 8.28. The van der Waals surface area contributed by atoms with Crippen molar-refractivity contribution in [2.45, 2.75) is 12.2 Å². The van der Waals surface area contributed by atoms with Gasteiger partial charge in [0.05, 0.1) is 19.3 Å². The molecule has 0 spiro atoms. The fourth-order valence-corrected chi connectivity index (χ4v) is 0.929. The number of nitrogens with one attached hydrogen (secondary N) is 1. The first kappa shape index (κ1) is 14.9. The predicted molar refractivity (Wildman–Crippen MR) is 48.9 cm³/mol. The minimum Gasteiger partial charge on any atom is -0.409 e. The van der Waals surface area contributed by atoms with Crippen molar-refractivity contribution in [1.29, 1.82) is 0 Å². The van der Waals surface area contributed by atoms with Gasteiger partial charge in [0.15, 0.2) is 5.84 Å². The molecule has 9 heteroatoms. The number of oxime groups is 1. The number of hydrogen-bond acceptors (Lipinski definition) is 5. The maximum atomic E-state index is 12.4. The maximum Gasteiger partial charge on any atom is 0.400 e. The summed E-state index contributed by atoms with van der Waals surface area (Å²) >= 11 is 0. The second-order valence-electron chi connectivity index (χ2n) is 3.09. The Morgan fingerprint density at radius 2 is 1.81 bits per heavy atom. The molecule has 0 rings (SSSR count). The van der Waals surface area contributed by atoms with Crippen LogP contribution in [0.3, 0.4) is 0 Å². The third kappa shape index (κ3) is 4.64. The average molecular weight is 245 g/mol. The van der Waals surface area contributed by atoms with Gasteiger partial charge < -0.3 is 26.5 Å². The van der Waals surface area contributed by atoms with Crippen LogP contribution in [0.2, 0.25) is 0 Å². The van der Waals surface area contributed by atoms with Gasteiger partial charge in [-0.25, -0.2) is 0 Å². The van der Waals surface area contributed by atoms with E-state index in [1.54, 1.807) is 0 Å². The molecule has 0 radical (unpaired) electrons. The molecule has 6 nitrogen and oxygen atoms in total. The highest BCUT2D eigenvalue weighted by molar-refractivity contribution is 5.83. The molecule has 0 saturated heterocycles. The number of aliphatic hydroxyl groups excluding tert-OH is 2. The molecule has 0 aromatic rings. The van der Waals surface area contributed by atoms with Crippen LogP contribution in [0.4, 0.5) is 13.2 Å². The zero-order valence-corrected chi connectivity index (χ0v) is 8.28. The van der Waals surface area contributed by atoms with Gasteiger partial charge in [0, 0.05) is 6.54 Å². The van der Waals surface area contributed by atoms with Gasteiger partial charge >= 0.3 is 6.18 Å². The lowest BCUT2D eigenvalue weighted by atomic mass is 10.1. The van der Waals surface area contributed by atoms with E-state index in [0.717, 1.165) is 0 Å².